The van der Waals surface area contributed by atoms with Crippen molar-refractivity contribution in [2.75, 3.05) is 44.6 Å². The molecule has 1 N–H and O–H groups in total. The lowest BCUT2D eigenvalue weighted by Crippen LogP contribution is -2.35. The molecule has 7 fully saturated rings. The van der Waals surface area contributed by atoms with Crippen LogP contribution in [0.3, 0.4) is 0 Å². The molecular weight excluding hydrogens is 1140 g/mol. The molecule has 10 unspecified atom stereocenters. The van der Waals surface area contributed by atoms with Crippen molar-refractivity contribution < 1.29 is 30.2 Å². The number of hydrogen-bond donors (Lipinski definition) is 1. The van der Waals surface area contributed by atoms with Gasteiger partial charge < -0.3 is 0 Å². The Labute approximate surface area is 483 Å². The van der Waals surface area contributed by atoms with Gasteiger partial charge in [0.1, 0.15) is 23.7 Å². The smallest absolute Gasteiger partial charge is 0.258 e. The summed E-state index contributed by atoms with van der Waals surface area (Å²) in [5, 5.41) is 71.9. The molecule has 19 nitrogen and oxygen atoms in total. The average Bonchev–Trinajstić information content (AvgIpc) is 4.23. The first-order chi connectivity index (χ1) is 36.6. The summed E-state index contributed by atoms with van der Waals surface area (Å²) >= 11 is 3.36. The van der Waals surface area contributed by atoms with Crippen LogP contribution in [0.25, 0.3) is 0 Å². The van der Waals surface area contributed by atoms with Crippen LogP contribution in [0.2, 0.25) is 0 Å². The lowest BCUT2D eigenvalue weighted by molar-refractivity contribution is -0.384. The van der Waals surface area contributed by atoms with Gasteiger partial charge in [0.2, 0.25) is 0 Å². The van der Waals surface area contributed by atoms with Crippen LogP contribution in [0.5, 0.6) is 0 Å². The van der Waals surface area contributed by atoms with Crippen LogP contribution in [0.15, 0.2) is 37.3 Å². The van der Waals surface area contributed by atoms with E-state index in [9.17, 15) is 40.6 Å². The predicted octanol–water partition coefficient (Wildman–Crippen LogP) is 10.9. The summed E-state index contributed by atoms with van der Waals surface area (Å²) in [7, 11) is -12.1. The summed E-state index contributed by atoms with van der Waals surface area (Å²) in [5.41, 5.74) is -0.263. The van der Waals surface area contributed by atoms with Crippen LogP contribution in [0.4, 0.5) is 5.69 Å². The Hall–Kier alpha value is -4.30. The van der Waals surface area contributed by atoms with E-state index in [-0.39, 0.29) is 32.4 Å². The van der Waals surface area contributed by atoms with Gasteiger partial charge in [0.15, 0.2) is 0 Å². The van der Waals surface area contributed by atoms with E-state index in [4.69, 9.17) is 36.4 Å². The van der Waals surface area contributed by atoms with Crippen LogP contribution < -0.4 is 0 Å². The highest BCUT2D eigenvalue weighted by Crippen LogP contribution is 2.48. The summed E-state index contributed by atoms with van der Waals surface area (Å²) in [4.78, 5) is 9.64. The van der Waals surface area contributed by atoms with E-state index in [0.29, 0.717) is 30.6 Å². The number of nitro benzene ring substituents is 1. The third kappa shape index (κ3) is 20.0. The molecular formula is C53H79N11O8S7. The Kier molecular flexibility index (Phi) is 26.1. The molecule has 0 bridgehead atoms. The quantitative estimate of drug-likeness (QED) is 0.119. The van der Waals surface area contributed by atoms with Crippen molar-refractivity contribution in [3.8, 4) is 42.5 Å². The van der Waals surface area contributed by atoms with Crippen molar-refractivity contribution in [1.82, 2.24) is 0 Å². The Bertz CT molecular complexity index is 3140. The molecule has 0 heterocycles. The van der Waals surface area contributed by atoms with Gasteiger partial charge in [0, 0.05) is 61.4 Å². The van der Waals surface area contributed by atoms with E-state index < -0.39 is 73.9 Å². The van der Waals surface area contributed by atoms with Gasteiger partial charge in [-0.1, -0.05) is 0 Å². The molecule has 0 aromatic heterocycles. The second-order valence-electron chi connectivity index (χ2n) is 22.0. The van der Waals surface area contributed by atoms with Crippen LogP contribution >= 0.6 is 23.5 Å². The second-order valence-corrected chi connectivity index (χ2v) is 35.8. The van der Waals surface area contributed by atoms with E-state index in [1.807, 2.05) is 31.6 Å². The van der Waals surface area contributed by atoms with E-state index in [1.165, 1.54) is 58.8 Å². The average molecular weight is 1220 g/mol. The minimum Gasteiger partial charge on any atom is -0.258 e. The maximum absolute atomic E-state index is 12.8. The van der Waals surface area contributed by atoms with Crippen LogP contribution in [-0.4, -0.2) is 104 Å². The van der Waals surface area contributed by atoms with Crippen molar-refractivity contribution in [3.05, 3.63) is 34.4 Å². The van der Waals surface area contributed by atoms with Crippen LogP contribution in [0, 0.1) is 136 Å². The van der Waals surface area contributed by atoms with Gasteiger partial charge in [-0.05, 0) is 191 Å². The first-order valence-corrected chi connectivity index (χ1v) is 37.2. The molecule has 7 aliphatic rings. The predicted molar refractivity (Wildman–Crippen MR) is 316 cm³/mol. The number of sulfonamides is 1. The molecule has 0 aliphatic heterocycles. The maximum Gasteiger partial charge on any atom is 0.290 e. The molecule has 1 aromatic rings. The fraction of sp³-hybridized carbons (Fsp3) is 0.755. The lowest BCUT2D eigenvalue weighted by atomic mass is 10.1. The van der Waals surface area contributed by atoms with E-state index >= 15 is 0 Å². The number of rotatable bonds is 16. The highest BCUT2D eigenvalue weighted by molar-refractivity contribution is 8.04. The number of nitriles is 7. The maximum atomic E-state index is 12.8. The number of hydrogen-bond acceptors (Lipinski definition) is 19. The van der Waals surface area contributed by atoms with Crippen molar-refractivity contribution in [2.45, 2.75) is 165 Å². The first kappa shape index (κ1) is 70.8. The molecule has 7 saturated carbocycles. The largest absolute Gasteiger partial charge is 0.290 e. The third-order valence-electron chi connectivity index (χ3n) is 15.7. The normalized spacial score (nSPS) is 23.6. The summed E-state index contributed by atoms with van der Waals surface area (Å²) in [6.45, 7) is 8.69. The van der Waals surface area contributed by atoms with Gasteiger partial charge in [-0.3, -0.25) is 19.1 Å². The second kappa shape index (κ2) is 29.1. The van der Waals surface area contributed by atoms with Gasteiger partial charge in [-0.25, -0.2) is 17.0 Å². The van der Waals surface area contributed by atoms with Gasteiger partial charge in [-0.2, -0.15) is 45.3 Å². The number of thioether (sulfide) groups is 2. The van der Waals surface area contributed by atoms with Gasteiger partial charge in [-0.15, -0.1) is 27.3 Å². The van der Waals surface area contributed by atoms with Crippen LogP contribution in [-0.2, 0) is 50.0 Å². The SMILES string of the molecule is CC(C#N)(C1CC1)S(C)(=N)=O.CC(C#N)(C1CC1)S(C)(=O)=NS(=O)(=O)c1ccc([N+](=O)[O-])cc1.CN=S(C)(=O)C(C)(C#N)C1CC1.CS(=O)C(C)(C#N)C1CC1.CSC(C#N)C1CC1.CSC(C)(C#N)C1CC1.N#CCC1CC1. The molecule has 0 amide bonds. The summed E-state index contributed by atoms with van der Waals surface area (Å²) in [6.07, 6.45) is 25.7. The zero-order valence-corrected chi connectivity index (χ0v) is 53.3. The number of non-ortho nitro benzene ring substituents is 1. The summed E-state index contributed by atoms with van der Waals surface area (Å²) in [6, 6.07) is 19.2. The molecule has 0 spiro atoms. The standard InChI is InChI=1S/C13H15N3O5S2.C8H14N2OS.C7H12N2OS.C7H11NOS.C7H11NS.C6H9NS.C5H7N/c1-13(9-14,10-3-4-10)22(2,19)15-23(20,21)12-7-5-11(6-8-12)16(17)18;1-8(6-9,7-4-5-7)12(3,11)10-2;1-7(5-8,6-3-4-6)11(2,9)10;1-7(5-8,10(2)9)6-3-4-6;1-7(5-8,9-2)6-3-4-6;1-8-6(4-7)5-2-3-5;6-4-3-5-1-2-5/h5-8,10H,3-4H2,1-2H3;7H,4-5H2,1-3H3;6,9H,3-4H2,1-2H3;6H,3-4H2,1-2H3;6H,3-4H2,1-2H3;5-6H,2-3H2,1H3;5H,1-3H2. The molecule has 0 saturated heterocycles. The molecule has 10 atom stereocenters. The topological polar surface area (TPSA) is 361 Å². The molecule has 1 aromatic carbocycles. The van der Waals surface area contributed by atoms with E-state index in [1.54, 1.807) is 56.8 Å². The molecule has 0 radical (unpaired) electrons. The van der Waals surface area contributed by atoms with Gasteiger partial charge >= 0.3 is 0 Å². The molecule has 79 heavy (non-hydrogen) atoms. The Balaban J connectivity index is 0.000000330. The molecule has 7 aliphatic carbocycles. The molecule has 436 valence electrons. The molecule has 26 heteroatoms. The van der Waals surface area contributed by atoms with Crippen molar-refractivity contribution >= 4 is 79.2 Å². The van der Waals surface area contributed by atoms with Crippen LogP contribution in [0.1, 0.15) is 131 Å². The fourth-order valence-electron chi connectivity index (χ4n) is 7.77. The zero-order valence-electron chi connectivity index (χ0n) is 47.6. The van der Waals surface area contributed by atoms with Crippen molar-refractivity contribution in [3.63, 3.8) is 0 Å². The van der Waals surface area contributed by atoms with E-state index in [2.05, 4.69) is 38.5 Å². The van der Waals surface area contributed by atoms with Gasteiger partial charge in [0.25, 0.3) is 15.7 Å². The number of benzene rings is 1. The zero-order chi connectivity index (χ0) is 60.6. The Morgan fingerprint density at radius 2 is 1.09 bits per heavy atom. The van der Waals surface area contributed by atoms with Crippen molar-refractivity contribution in [2.24, 2.45) is 49.6 Å². The molecule has 8 rings (SSSR count). The number of nitrogens with zero attached hydrogens (tertiary/aromatic N) is 10. The third-order valence-corrected chi connectivity index (χ3v) is 29.2. The highest BCUT2D eigenvalue weighted by atomic mass is 32.3. The first-order valence-electron chi connectivity index (χ1n) is 25.9. The minimum absolute atomic E-state index is 0.0833. The van der Waals surface area contributed by atoms with Crippen molar-refractivity contribution in [1.29, 1.82) is 41.6 Å². The number of nitrogens with one attached hydrogen (secondary N) is 1. The van der Waals surface area contributed by atoms with E-state index in [0.717, 1.165) is 87.3 Å². The minimum atomic E-state index is -4.28. The lowest BCUT2D eigenvalue weighted by Gasteiger charge is -2.22. The number of nitro groups is 1. The highest BCUT2D eigenvalue weighted by Gasteiger charge is 2.51. The Morgan fingerprint density at radius 1 is 0.671 bits per heavy atom. The monoisotopic (exact) mass is 1220 g/mol. The van der Waals surface area contributed by atoms with Gasteiger partial charge in [0.05, 0.1) is 86.7 Å². The Morgan fingerprint density at radius 3 is 1.29 bits per heavy atom. The summed E-state index contributed by atoms with van der Waals surface area (Å²) in [5.74, 6) is 2.94. The fourth-order valence-corrected chi connectivity index (χ4v) is 16.4. The summed E-state index contributed by atoms with van der Waals surface area (Å²) < 4.78 is 82.8.